The Kier molecular flexibility index (Phi) is 5.75. The van der Waals surface area contributed by atoms with Crippen LogP contribution in [0.5, 0.6) is 0 Å². The van der Waals surface area contributed by atoms with Gasteiger partial charge in [0.25, 0.3) is 0 Å². The number of allylic oxidation sites excluding steroid dienone is 2. The zero-order valence-corrected chi connectivity index (χ0v) is 10.9. The molecule has 0 radical (unpaired) electrons. The minimum Gasteiger partial charge on any atom is -0.395 e. The van der Waals surface area contributed by atoms with Gasteiger partial charge >= 0.3 is 12.4 Å². The normalized spacial score (nSPS) is 25.3. The van der Waals surface area contributed by atoms with Crippen LogP contribution >= 0.6 is 0 Å². The van der Waals surface area contributed by atoms with E-state index in [-0.39, 0.29) is 24.1 Å². The maximum atomic E-state index is 11.8. The molecule has 0 aromatic heterocycles. The average molecular weight is 252 g/mol. The molecule has 0 aromatic carbocycles. The number of hydrogen-bond acceptors (Lipinski definition) is 4. The Bertz CT molecular complexity index is 346. The van der Waals surface area contributed by atoms with E-state index in [1.807, 2.05) is 19.1 Å². The maximum absolute atomic E-state index is 11.8. The SMILES string of the molecule is CC/C=C\C[C@@H]1C(=O)CC[C@@H]1C(C)C(=O)OC=O. The predicted octanol–water partition coefficient (Wildman–Crippen LogP) is 2.27. The summed E-state index contributed by atoms with van der Waals surface area (Å²) in [4.78, 5) is 33.5. The number of ketones is 1. The van der Waals surface area contributed by atoms with E-state index in [4.69, 9.17) is 0 Å². The maximum Gasteiger partial charge on any atom is 0.316 e. The molecule has 0 bridgehead atoms. The molecule has 0 heterocycles. The molecule has 1 fully saturated rings. The van der Waals surface area contributed by atoms with Crippen molar-refractivity contribution in [2.75, 3.05) is 0 Å². The van der Waals surface area contributed by atoms with Gasteiger partial charge in [-0.05, 0) is 25.2 Å². The molecule has 1 unspecified atom stereocenters. The van der Waals surface area contributed by atoms with E-state index in [0.29, 0.717) is 19.3 Å². The standard InChI is InChI=1S/C14H20O4/c1-3-4-5-6-12-11(7-8-13(12)16)10(2)14(17)18-9-15/h4-5,9-12H,3,6-8H2,1-2H3/b5-4-/t10?,11-,12+/m1/s1. The van der Waals surface area contributed by atoms with E-state index in [9.17, 15) is 14.4 Å². The van der Waals surface area contributed by atoms with Gasteiger partial charge in [-0.25, -0.2) is 0 Å². The number of carbonyl (C=O) groups is 3. The molecule has 3 atom stereocenters. The van der Waals surface area contributed by atoms with Crippen molar-refractivity contribution < 1.29 is 19.1 Å². The minimum atomic E-state index is -0.533. The first-order chi connectivity index (χ1) is 8.61. The highest BCUT2D eigenvalue weighted by Gasteiger charge is 2.40. The van der Waals surface area contributed by atoms with Gasteiger partial charge in [-0.3, -0.25) is 14.4 Å². The predicted molar refractivity (Wildman–Crippen MR) is 66.6 cm³/mol. The van der Waals surface area contributed by atoms with Crippen molar-refractivity contribution >= 4 is 18.2 Å². The van der Waals surface area contributed by atoms with Crippen LogP contribution in [0.3, 0.4) is 0 Å². The molecule has 0 aliphatic heterocycles. The molecule has 0 aromatic rings. The quantitative estimate of drug-likeness (QED) is 0.315. The van der Waals surface area contributed by atoms with Gasteiger partial charge in [0.2, 0.25) is 0 Å². The van der Waals surface area contributed by atoms with E-state index in [1.54, 1.807) is 6.92 Å². The highest BCUT2D eigenvalue weighted by Crippen LogP contribution is 2.37. The van der Waals surface area contributed by atoms with Crippen LogP contribution in [0.2, 0.25) is 0 Å². The van der Waals surface area contributed by atoms with Crippen LogP contribution in [0.15, 0.2) is 12.2 Å². The molecule has 0 spiro atoms. The largest absolute Gasteiger partial charge is 0.395 e. The fourth-order valence-electron chi connectivity index (χ4n) is 2.58. The fraction of sp³-hybridized carbons (Fsp3) is 0.643. The van der Waals surface area contributed by atoms with Gasteiger partial charge in [0, 0.05) is 12.3 Å². The summed E-state index contributed by atoms with van der Waals surface area (Å²) in [5.74, 6) is -0.837. The summed E-state index contributed by atoms with van der Waals surface area (Å²) >= 11 is 0. The number of rotatable bonds is 6. The molecule has 1 saturated carbocycles. The van der Waals surface area contributed by atoms with E-state index < -0.39 is 11.9 Å². The first kappa shape index (κ1) is 14.6. The summed E-state index contributed by atoms with van der Waals surface area (Å²) in [6.07, 6.45) is 6.87. The zero-order valence-electron chi connectivity index (χ0n) is 10.9. The Morgan fingerprint density at radius 1 is 1.50 bits per heavy atom. The van der Waals surface area contributed by atoms with Gasteiger partial charge < -0.3 is 4.74 Å². The Morgan fingerprint density at radius 3 is 2.83 bits per heavy atom. The molecule has 1 aliphatic carbocycles. The molecular formula is C14H20O4. The van der Waals surface area contributed by atoms with E-state index in [2.05, 4.69) is 4.74 Å². The summed E-state index contributed by atoms with van der Waals surface area (Å²) in [5.41, 5.74) is 0. The van der Waals surface area contributed by atoms with Crippen LogP contribution in [0, 0.1) is 17.8 Å². The lowest BCUT2D eigenvalue weighted by Gasteiger charge is -2.21. The Morgan fingerprint density at radius 2 is 2.22 bits per heavy atom. The third-order valence-corrected chi connectivity index (χ3v) is 3.63. The Balaban J connectivity index is 2.67. The molecule has 4 heteroatoms. The minimum absolute atomic E-state index is 0.00791. The second-order valence-electron chi connectivity index (χ2n) is 4.71. The van der Waals surface area contributed by atoms with Crippen LogP contribution < -0.4 is 0 Å². The highest BCUT2D eigenvalue weighted by atomic mass is 16.6. The number of Topliss-reactive ketones (excluding diaryl/α,β-unsaturated/α-hetero) is 1. The Labute approximate surface area is 107 Å². The smallest absolute Gasteiger partial charge is 0.316 e. The van der Waals surface area contributed by atoms with Gasteiger partial charge in [0.15, 0.2) is 0 Å². The lowest BCUT2D eigenvalue weighted by atomic mass is 9.83. The van der Waals surface area contributed by atoms with Crippen molar-refractivity contribution in [3.8, 4) is 0 Å². The van der Waals surface area contributed by atoms with Crippen LogP contribution in [0.4, 0.5) is 0 Å². The molecule has 0 N–H and O–H groups in total. The van der Waals surface area contributed by atoms with Gasteiger partial charge in [-0.15, -0.1) is 0 Å². The molecule has 100 valence electrons. The van der Waals surface area contributed by atoms with Crippen molar-refractivity contribution in [2.24, 2.45) is 17.8 Å². The lowest BCUT2D eigenvalue weighted by Crippen LogP contribution is -2.27. The molecule has 4 nitrogen and oxygen atoms in total. The van der Waals surface area contributed by atoms with E-state index in [0.717, 1.165) is 6.42 Å². The number of ether oxygens (including phenoxy) is 1. The summed E-state index contributed by atoms with van der Waals surface area (Å²) in [6.45, 7) is 3.92. The van der Waals surface area contributed by atoms with Crippen molar-refractivity contribution in [3.63, 3.8) is 0 Å². The van der Waals surface area contributed by atoms with Gasteiger partial charge in [-0.2, -0.15) is 0 Å². The topological polar surface area (TPSA) is 60.4 Å². The average Bonchev–Trinajstić information content (AvgIpc) is 2.71. The number of carbonyl (C=O) groups excluding carboxylic acids is 3. The van der Waals surface area contributed by atoms with Gasteiger partial charge in [0.1, 0.15) is 5.78 Å². The first-order valence-corrected chi connectivity index (χ1v) is 6.43. The monoisotopic (exact) mass is 252 g/mol. The second kappa shape index (κ2) is 7.09. The first-order valence-electron chi connectivity index (χ1n) is 6.43. The molecule has 18 heavy (non-hydrogen) atoms. The summed E-state index contributed by atoms with van der Waals surface area (Å²) in [7, 11) is 0. The van der Waals surface area contributed by atoms with Crippen LogP contribution in [-0.4, -0.2) is 18.2 Å². The molecular weight excluding hydrogens is 232 g/mol. The summed E-state index contributed by atoms with van der Waals surface area (Å²) in [6, 6.07) is 0. The highest BCUT2D eigenvalue weighted by molar-refractivity contribution is 5.86. The van der Waals surface area contributed by atoms with E-state index >= 15 is 0 Å². The van der Waals surface area contributed by atoms with Crippen LogP contribution in [0.1, 0.15) is 39.5 Å². The summed E-state index contributed by atoms with van der Waals surface area (Å²) < 4.78 is 4.38. The molecule has 0 amide bonds. The zero-order chi connectivity index (χ0) is 13.5. The lowest BCUT2D eigenvalue weighted by molar-refractivity contribution is -0.156. The van der Waals surface area contributed by atoms with Gasteiger partial charge in [-0.1, -0.05) is 26.0 Å². The van der Waals surface area contributed by atoms with Crippen molar-refractivity contribution in [1.29, 1.82) is 0 Å². The van der Waals surface area contributed by atoms with Crippen LogP contribution in [0.25, 0.3) is 0 Å². The second-order valence-corrected chi connectivity index (χ2v) is 4.71. The van der Waals surface area contributed by atoms with E-state index in [1.165, 1.54) is 0 Å². The number of esters is 1. The summed E-state index contributed by atoms with van der Waals surface area (Å²) in [5, 5.41) is 0. The fourth-order valence-corrected chi connectivity index (χ4v) is 2.58. The van der Waals surface area contributed by atoms with Gasteiger partial charge in [0.05, 0.1) is 5.92 Å². The van der Waals surface area contributed by atoms with Crippen molar-refractivity contribution in [3.05, 3.63) is 12.2 Å². The molecule has 1 rings (SSSR count). The third-order valence-electron chi connectivity index (χ3n) is 3.63. The molecule has 0 saturated heterocycles. The molecule has 1 aliphatic rings. The Hall–Kier alpha value is -1.45. The van der Waals surface area contributed by atoms with Crippen LogP contribution in [-0.2, 0) is 19.1 Å². The van der Waals surface area contributed by atoms with Crippen molar-refractivity contribution in [1.82, 2.24) is 0 Å². The number of hydrogen-bond donors (Lipinski definition) is 0. The van der Waals surface area contributed by atoms with Crippen molar-refractivity contribution in [2.45, 2.75) is 39.5 Å². The third kappa shape index (κ3) is 3.52.